The summed E-state index contributed by atoms with van der Waals surface area (Å²) in [5.74, 6) is 0.988. The zero-order valence-electron chi connectivity index (χ0n) is 12.3. The van der Waals surface area contributed by atoms with Gasteiger partial charge >= 0.3 is 0 Å². The molecule has 0 aliphatic heterocycles. The van der Waals surface area contributed by atoms with Gasteiger partial charge in [0.15, 0.2) is 0 Å². The van der Waals surface area contributed by atoms with Crippen LogP contribution in [-0.4, -0.2) is 21.3 Å². The first kappa shape index (κ1) is 16.5. The van der Waals surface area contributed by atoms with Gasteiger partial charge < -0.3 is 5.32 Å². The third-order valence-corrected chi connectivity index (χ3v) is 4.13. The molecule has 6 heteroatoms. The molecule has 0 aliphatic carbocycles. The van der Waals surface area contributed by atoms with Crippen LogP contribution in [0, 0.1) is 0 Å². The van der Waals surface area contributed by atoms with E-state index in [1.54, 1.807) is 6.33 Å². The molecule has 1 heterocycles. The van der Waals surface area contributed by atoms with Gasteiger partial charge in [-0.2, -0.15) is 5.10 Å². The van der Waals surface area contributed by atoms with Crippen molar-refractivity contribution < 1.29 is 0 Å². The van der Waals surface area contributed by atoms with Gasteiger partial charge in [-0.15, -0.1) is 0 Å². The maximum Gasteiger partial charge on any atom is 0.138 e. The van der Waals surface area contributed by atoms with Gasteiger partial charge in [-0.1, -0.05) is 47.4 Å². The second kappa shape index (κ2) is 7.92. The van der Waals surface area contributed by atoms with Crippen LogP contribution in [0.1, 0.15) is 37.7 Å². The van der Waals surface area contributed by atoms with E-state index >= 15 is 0 Å². The molecule has 21 heavy (non-hydrogen) atoms. The molecule has 0 bridgehead atoms. The highest BCUT2D eigenvalue weighted by atomic mass is 79.9. The summed E-state index contributed by atoms with van der Waals surface area (Å²) < 4.78 is 2.96. The Bertz CT molecular complexity index is 585. The first-order valence-electron chi connectivity index (χ1n) is 7.20. The summed E-state index contributed by atoms with van der Waals surface area (Å²) in [6, 6.07) is 6.14. The fraction of sp³-hybridized carbons (Fsp3) is 0.467. The molecule has 0 spiro atoms. The van der Waals surface area contributed by atoms with Crippen LogP contribution >= 0.6 is 27.5 Å². The smallest absolute Gasteiger partial charge is 0.138 e. The molecule has 1 N–H and O–H groups in total. The number of aryl methyl sites for hydroxylation is 1. The zero-order valence-corrected chi connectivity index (χ0v) is 14.7. The van der Waals surface area contributed by atoms with Crippen molar-refractivity contribution in [3.63, 3.8) is 0 Å². The van der Waals surface area contributed by atoms with Crippen molar-refractivity contribution in [2.75, 3.05) is 6.54 Å². The van der Waals surface area contributed by atoms with Crippen LogP contribution in [0.3, 0.4) is 0 Å². The lowest BCUT2D eigenvalue weighted by molar-refractivity contribution is 0.499. The van der Waals surface area contributed by atoms with Gasteiger partial charge in [0.05, 0.1) is 0 Å². The largest absolute Gasteiger partial charge is 0.310 e. The first-order chi connectivity index (χ1) is 10.2. The summed E-state index contributed by atoms with van der Waals surface area (Å²) in [6.07, 6.45) is 3.44. The van der Waals surface area contributed by atoms with Gasteiger partial charge in [0.1, 0.15) is 12.2 Å². The summed E-state index contributed by atoms with van der Waals surface area (Å²) in [4.78, 5) is 4.39. The fourth-order valence-electron chi connectivity index (χ4n) is 2.35. The van der Waals surface area contributed by atoms with Crippen molar-refractivity contribution in [1.29, 1.82) is 0 Å². The molecule has 2 aromatic rings. The average molecular weight is 372 g/mol. The third kappa shape index (κ3) is 4.28. The van der Waals surface area contributed by atoms with E-state index in [4.69, 9.17) is 11.6 Å². The molecule has 1 aromatic carbocycles. The Balaban J connectivity index is 2.24. The molecule has 0 aliphatic rings. The maximum absolute atomic E-state index is 6.39. The Morgan fingerprint density at radius 2 is 2.19 bits per heavy atom. The quantitative estimate of drug-likeness (QED) is 0.800. The molecule has 0 amide bonds. The number of nitrogens with zero attached hydrogens (tertiary/aromatic N) is 3. The molecular weight excluding hydrogens is 352 g/mol. The fourth-order valence-corrected chi connectivity index (χ4v) is 3.16. The number of halogens is 2. The number of likely N-dealkylation sites (N-methyl/N-ethyl adjacent to an activating group) is 1. The van der Waals surface area contributed by atoms with E-state index < -0.39 is 0 Å². The molecule has 0 saturated carbocycles. The van der Waals surface area contributed by atoms with Crippen molar-refractivity contribution >= 4 is 27.5 Å². The van der Waals surface area contributed by atoms with Crippen molar-refractivity contribution in [2.24, 2.45) is 0 Å². The maximum atomic E-state index is 6.39. The molecule has 0 radical (unpaired) electrons. The summed E-state index contributed by atoms with van der Waals surface area (Å²) in [7, 11) is 0. The number of benzene rings is 1. The van der Waals surface area contributed by atoms with Crippen molar-refractivity contribution in [3.8, 4) is 0 Å². The summed E-state index contributed by atoms with van der Waals surface area (Å²) >= 11 is 9.83. The molecule has 1 aromatic heterocycles. The highest BCUT2D eigenvalue weighted by Gasteiger charge is 2.17. The highest BCUT2D eigenvalue weighted by molar-refractivity contribution is 9.10. The molecule has 2 rings (SSSR count). The predicted octanol–water partition coefficient (Wildman–Crippen LogP) is 4.00. The normalized spacial score (nSPS) is 12.6. The molecule has 4 nitrogen and oxygen atoms in total. The minimum Gasteiger partial charge on any atom is -0.310 e. The van der Waals surface area contributed by atoms with E-state index in [2.05, 4.69) is 51.2 Å². The van der Waals surface area contributed by atoms with Crippen LogP contribution in [0.25, 0.3) is 0 Å². The highest BCUT2D eigenvalue weighted by Crippen LogP contribution is 2.28. The van der Waals surface area contributed by atoms with E-state index in [0.717, 1.165) is 46.8 Å². The van der Waals surface area contributed by atoms with Gasteiger partial charge in [0.2, 0.25) is 0 Å². The minimum absolute atomic E-state index is 0.135. The number of aromatic nitrogens is 3. The van der Waals surface area contributed by atoms with E-state index in [0.29, 0.717) is 0 Å². The number of rotatable bonds is 7. The molecular formula is C15H20BrClN4. The van der Waals surface area contributed by atoms with E-state index in [-0.39, 0.29) is 6.04 Å². The molecule has 0 fully saturated rings. The summed E-state index contributed by atoms with van der Waals surface area (Å²) in [6.45, 7) is 6.00. The monoisotopic (exact) mass is 370 g/mol. The van der Waals surface area contributed by atoms with Crippen molar-refractivity contribution in [2.45, 2.75) is 39.3 Å². The Hall–Kier alpha value is -0.910. The van der Waals surface area contributed by atoms with Crippen LogP contribution in [0.15, 0.2) is 29.0 Å². The topological polar surface area (TPSA) is 42.7 Å². The van der Waals surface area contributed by atoms with Gasteiger partial charge in [-0.3, -0.25) is 4.68 Å². The number of nitrogens with one attached hydrogen (secondary N) is 1. The lowest BCUT2D eigenvalue weighted by atomic mass is 10.0. The SMILES string of the molecule is CCCn1ncnc1CC(NCC)c1ccc(Br)cc1Cl. The van der Waals surface area contributed by atoms with E-state index in [1.807, 2.05) is 16.8 Å². The molecule has 0 saturated heterocycles. The van der Waals surface area contributed by atoms with Crippen LogP contribution in [0.2, 0.25) is 5.02 Å². The number of hydrogen-bond acceptors (Lipinski definition) is 3. The van der Waals surface area contributed by atoms with Crippen LogP contribution in [-0.2, 0) is 13.0 Å². The van der Waals surface area contributed by atoms with Crippen LogP contribution in [0.5, 0.6) is 0 Å². The minimum atomic E-state index is 0.135. The zero-order chi connectivity index (χ0) is 15.2. The summed E-state index contributed by atoms with van der Waals surface area (Å²) in [5.41, 5.74) is 1.09. The Morgan fingerprint density at radius 3 is 2.86 bits per heavy atom. The molecule has 1 atom stereocenters. The first-order valence-corrected chi connectivity index (χ1v) is 8.37. The Kier molecular flexibility index (Phi) is 6.21. The Labute approximate surface area is 139 Å². The second-order valence-corrected chi connectivity index (χ2v) is 6.20. The van der Waals surface area contributed by atoms with Crippen LogP contribution < -0.4 is 5.32 Å². The number of hydrogen-bond donors (Lipinski definition) is 1. The van der Waals surface area contributed by atoms with Gasteiger partial charge in [0.25, 0.3) is 0 Å². The predicted molar refractivity (Wildman–Crippen MR) is 89.6 cm³/mol. The lowest BCUT2D eigenvalue weighted by Crippen LogP contribution is -2.25. The van der Waals surface area contributed by atoms with Crippen molar-refractivity contribution in [1.82, 2.24) is 20.1 Å². The summed E-state index contributed by atoms with van der Waals surface area (Å²) in [5, 5.41) is 8.53. The van der Waals surface area contributed by atoms with E-state index in [9.17, 15) is 0 Å². The standard InChI is InChI=1S/C15H20BrClN4/c1-3-7-21-15(19-10-20-21)9-14(18-4-2)12-6-5-11(16)8-13(12)17/h5-6,8,10,14,18H,3-4,7,9H2,1-2H3. The van der Waals surface area contributed by atoms with E-state index in [1.165, 1.54) is 0 Å². The molecule has 1 unspecified atom stereocenters. The average Bonchev–Trinajstić information content (AvgIpc) is 2.86. The van der Waals surface area contributed by atoms with Gasteiger partial charge in [-0.25, -0.2) is 4.98 Å². The lowest BCUT2D eigenvalue weighted by Gasteiger charge is -2.19. The van der Waals surface area contributed by atoms with Crippen LogP contribution in [0.4, 0.5) is 0 Å². The third-order valence-electron chi connectivity index (χ3n) is 3.31. The van der Waals surface area contributed by atoms with Gasteiger partial charge in [-0.05, 0) is 30.7 Å². The van der Waals surface area contributed by atoms with Crippen molar-refractivity contribution in [3.05, 3.63) is 45.4 Å². The Morgan fingerprint density at radius 1 is 1.38 bits per heavy atom. The van der Waals surface area contributed by atoms with Gasteiger partial charge in [0, 0.05) is 28.5 Å². The second-order valence-electron chi connectivity index (χ2n) is 4.88. The molecule has 114 valence electrons.